The molecule has 0 atom stereocenters. The topological polar surface area (TPSA) is 24.5 Å². The highest BCUT2D eigenvalue weighted by Gasteiger charge is 1.94. The molecule has 0 rings (SSSR count). The van der Waals surface area contributed by atoms with Crippen molar-refractivity contribution in [2.45, 2.75) is 0 Å². The molecule has 0 fully saturated rings. The van der Waals surface area contributed by atoms with E-state index in [-0.39, 0.29) is 0 Å². The van der Waals surface area contributed by atoms with E-state index in [0.717, 1.165) is 0 Å². The fourth-order valence-electron chi connectivity index (χ4n) is 0.381. The Morgan fingerprint density at radius 2 is 2.36 bits per heavy atom. The summed E-state index contributed by atoms with van der Waals surface area (Å²) in [6.07, 6.45) is 4.96. The van der Waals surface area contributed by atoms with Crippen LogP contribution in [0.2, 0.25) is 0 Å². The van der Waals surface area contributed by atoms with Crippen molar-refractivity contribution in [2.24, 2.45) is 0 Å². The van der Waals surface area contributed by atoms with Crippen LogP contribution in [0.3, 0.4) is 0 Å². The third-order valence-corrected chi connectivity index (χ3v) is 1.43. The lowest BCUT2D eigenvalue weighted by Gasteiger charge is -2.14. The zero-order chi connectivity index (χ0) is 8.69. The number of nitrogens with zero attached hydrogens (tertiary/aromatic N) is 1. The van der Waals surface area contributed by atoms with Gasteiger partial charge in [-0.15, -0.1) is 6.42 Å². The van der Waals surface area contributed by atoms with Crippen molar-refractivity contribution < 1.29 is 4.74 Å². The van der Waals surface area contributed by atoms with E-state index >= 15 is 0 Å². The molecular weight excluding hydrogens is 160 g/mol. The van der Waals surface area contributed by atoms with Crippen molar-refractivity contribution in [1.82, 2.24) is 10.2 Å². The number of thiocarbonyl (C=S) groups is 1. The van der Waals surface area contributed by atoms with Crippen LogP contribution < -0.4 is 5.32 Å². The highest BCUT2D eigenvalue weighted by Crippen LogP contribution is 1.77. The molecule has 0 radical (unpaired) electrons. The summed E-state index contributed by atoms with van der Waals surface area (Å²) in [5, 5.41) is 3.50. The maximum Gasteiger partial charge on any atom is 0.170 e. The van der Waals surface area contributed by atoms with Crippen molar-refractivity contribution >= 4 is 17.3 Å². The van der Waals surface area contributed by atoms with Crippen LogP contribution >= 0.6 is 12.2 Å². The van der Waals surface area contributed by atoms with Gasteiger partial charge >= 0.3 is 0 Å². The summed E-state index contributed by atoms with van der Waals surface area (Å²) in [7, 11) is 3.72. The second-order valence-electron chi connectivity index (χ2n) is 2.07. The summed E-state index contributed by atoms with van der Waals surface area (Å²) >= 11 is 4.91. The Kier molecular flexibility index (Phi) is 5.53. The average molecular weight is 172 g/mol. The molecule has 1 N–H and O–H groups in total. The number of nitrogens with one attached hydrogen (secondary N) is 1. The molecule has 0 aromatic rings. The second-order valence-corrected chi connectivity index (χ2v) is 2.46. The summed E-state index contributed by atoms with van der Waals surface area (Å²) in [5.74, 6) is 2.35. The van der Waals surface area contributed by atoms with Crippen LogP contribution in [0, 0.1) is 12.3 Å². The molecule has 0 aromatic heterocycles. The van der Waals surface area contributed by atoms with E-state index in [1.54, 1.807) is 4.90 Å². The van der Waals surface area contributed by atoms with Crippen molar-refractivity contribution in [1.29, 1.82) is 0 Å². The monoisotopic (exact) mass is 172 g/mol. The van der Waals surface area contributed by atoms with E-state index in [1.807, 2.05) is 14.1 Å². The van der Waals surface area contributed by atoms with Crippen LogP contribution in [0.5, 0.6) is 0 Å². The molecule has 11 heavy (non-hydrogen) atoms. The maximum absolute atomic E-state index is 4.96. The standard InChI is InChI=1S/C7H12N2OS/c1-4-5-10-6-8-7(11)9(2)3/h1H,5-6H2,2-3H3,(H,8,11). The predicted molar refractivity (Wildman–Crippen MR) is 49.1 cm³/mol. The molecule has 62 valence electrons. The quantitative estimate of drug-likeness (QED) is 0.281. The van der Waals surface area contributed by atoms with E-state index < -0.39 is 0 Å². The summed E-state index contributed by atoms with van der Waals surface area (Å²) < 4.78 is 4.94. The SMILES string of the molecule is C#CCOCNC(=S)N(C)C. The molecule has 0 amide bonds. The van der Waals surface area contributed by atoms with Crippen LogP contribution in [-0.4, -0.2) is 37.4 Å². The van der Waals surface area contributed by atoms with Crippen LogP contribution in [0.25, 0.3) is 0 Å². The van der Waals surface area contributed by atoms with E-state index in [9.17, 15) is 0 Å². The van der Waals surface area contributed by atoms with Crippen molar-refractivity contribution in [3.05, 3.63) is 0 Å². The Balaban J connectivity index is 3.26. The smallest absolute Gasteiger partial charge is 0.170 e. The number of ether oxygens (including phenoxy) is 1. The van der Waals surface area contributed by atoms with Crippen molar-refractivity contribution in [3.8, 4) is 12.3 Å². The van der Waals surface area contributed by atoms with Gasteiger partial charge in [0.15, 0.2) is 5.11 Å². The Labute approximate surface area is 72.7 Å². The van der Waals surface area contributed by atoms with Crippen LogP contribution in [0.4, 0.5) is 0 Å². The molecule has 0 heterocycles. The first-order valence-corrected chi connectivity index (χ1v) is 3.55. The Bertz CT molecular complexity index is 162. The zero-order valence-electron chi connectivity index (χ0n) is 6.76. The number of rotatable bonds is 3. The summed E-state index contributed by atoms with van der Waals surface area (Å²) in [6, 6.07) is 0. The van der Waals surface area contributed by atoms with E-state index in [0.29, 0.717) is 18.5 Å². The molecule has 0 aliphatic heterocycles. The van der Waals surface area contributed by atoms with E-state index in [1.165, 1.54) is 0 Å². The van der Waals surface area contributed by atoms with Gasteiger partial charge in [-0.2, -0.15) is 0 Å². The minimum absolute atomic E-state index is 0.309. The van der Waals surface area contributed by atoms with Gasteiger partial charge in [0.25, 0.3) is 0 Å². The van der Waals surface area contributed by atoms with Gasteiger partial charge in [0, 0.05) is 14.1 Å². The minimum Gasteiger partial charge on any atom is -0.355 e. The van der Waals surface area contributed by atoms with Gasteiger partial charge in [0.1, 0.15) is 13.3 Å². The first kappa shape index (κ1) is 10.2. The Morgan fingerprint density at radius 3 is 2.82 bits per heavy atom. The third-order valence-electron chi connectivity index (χ3n) is 0.917. The average Bonchev–Trinajstić information content (AvgIpc) is 1.97. The molecule has 0 spiro atoms. The minimum atomic E-state index is 0.309. The highest BCUT2D eigenvalue weighted by atomic mass is 32.1. The van der Waals surface area contributed by atoms with Gasteiger partial charge in [-0.1, -0.05) is 5.92 Å². The lowest BCUT2D eigenvalue weighted by Crippen LogP contribution is -2.35. The van der Waals surface area contributed by atoms with Crippen LogP contribution in [0.15, 0.2) is 0 Å². The van der Waals surface area contributed by atoms with Gasteiger partial charge in [-0.05, 0) is 12.2 Å². The molecule has 0 saturated heterocycles. The second kappa shape index (κ2) is 5.96. The molecule has 0 aromatic carbocycles. The molecular formula is C7H12N2OS. The van der Waals surface area contributed by atoms with Crippen molar-refractivity contribution in [3.63, 3.8) is 0 Å². The van der Waals surface area contributed by atoms with E-state index in [2.05, 4.69) is 11.2 Å². The van der Waals surface area contributed by atoms with Crippen molar-refractivity contribution in [2.75, 3.05) is 27.4 Å². The van der Waals surface area contributed by atoms with Gasteiger partial charge in [0.2, 0.25) is 0 Å². The number of hydrogen-bond acceptors (Lipinski definition) is 2. The van der Waals surface area contributed by atoms with Gasteiger partial charge in [0.05, 0.1) is 0 Å². The summed E-state index contributed by atoms with van der Waals surface area (Å²) in [4.78, 5) is 1.79. The van der Waals surface area contributed by atoms with Gasteiger partial charge in [-0.25, -0.2) is 0 Å². The predicted octanol–water partition coefficient (Wildman–Crippen LogP) is 0.0298. The first-order chi connectivity index (χ1) is 5.18. The Morgan fingerprint density at radius 1 is 1.73 bits per heavy atom. The molecule has 0 aliphatic carbocycles. The van der Waals surface area contributed by atoms with Crippen LogP contribution in [0.1, 0.15) is 0 Å². The molecule has 0 saturated carbocycles. The van der Waals surface area contributed by atoms with Gasteiger partial charge in [-0.3, -0.25) is 0 Å². The number of hydrogen-bond donors (Lipinski definition) is 1. The third kappa shape index (κ3) is 5.64. The fourth-order valence-corrected chi connectivity index (χ4v) is 0.440. The molecule has 0 aliphatic rings. The highest BCUT2D eigenvalue weighted by molar-refractivity contribution is 7.80. The zero-order valence-corrected chi connectivity index (χ0v) is 7.57. The summed E-state index contributed by atoms with van der Waals surface area (Å²) in [5.41, 5.74) is 0. The maximum atomic E-state index is 4.96. The molecule has 0 unspecified atom stereocenters. The summed E-state index contributed by atoms with van der Waals surface area (Å²) in [6.45, 7) is 0.671. The molecule has 0 bridgehead atoms. The first-order valence-electron chi connectivity index (χ1n) is 3.15. The van der Waals surface area contributed by atoms with Crippen LogP contribution in [-0.2, 0) is 4.74 Å². The molecule has 4 heteroatoms. The van der Waals surface area contributed by atoms with Gasteiger partial charge < -0.3 is 15.0 Å². The molecule has 3 nitrogen and oxygen atoms in total. The Hall–Kier alpha value is -0.790. The lowest BCUT2D eigenvalue weighted by molar-refractivity contribution is 0.159. The fraction of sp³-hybridized carbons (Fsp3) is 0.571. The largest absolute Gasteiger partial charge is 0.355 e. The van der Waals surface area contributed by atoms with E-state index in [4.69, 9.17) is 23.4 Å². The lowest BCUT2D eigenvalue weighted by atomic mass is 10.7. The number of terminal acetylenes is 1. The normalized spacial score (nSPS) is 8.45.